The van der Waals surface area contributed by atoms with Gasteiger partial charge in [-0.2, -0.15) is 0 Å². The summed E-state index contributed by atoms with van der Waals surface area (Å²) in [4.78, 5) is 11.5. The van der Waals surface area contributed by atoms with Crippen LogP contribution in [0.25, 0.3) is 0 Å². The number of halogens is 1. The molecule has 1 aromatic carbocycles. The molecule has 1 N–H and O–H groups in total. The summed E-state index contributed by atoms with van der Waals surface area (Å²) in [5.41, 5.74) is 0.717. The Morgan fingerprint density at radius 1 is 1.31 bits per heavy atom. The molecule has 0 radical (unpaired) electrons. The summed E-state index contributed by atoms with van der Waals surface area (Å²) < 4.78 is 1.14. The Morgan fingerprint density at radius 2 is 1.85 bits per heavy atom. The highest BCUT2D eigenvalue weighted by atomic mass is 125. The van der Waals surface area contributed by atoms with Crippen molar-refractivity contribution in [3.05, 3.63) is 33.4 Å². The molecule has 2 nitrogen and oxygen atoms in total. The lowest BCUT2D eigenvalue weighted by Gasteiger charge is -2.07. The zero-order chi connectivity index (χ0) is 9.84. The molecule has 0 aliphatic carbocycles. The van der Waals surface area contributed by atoms with Gasteiger partial charge in [0.2, 0.25) is 0 Å². The quantitative estimate of drug-likeness (QED) is 0.832. The van der Waals surface area contributed by atoms with Crippen molar-refractivity contribution in [2.24, 2.45) is 0 Å². The lowest BCUT2D eigenvalue weighted by Crippen LogP contribution is -2.29. The van der Waals surface area contributed by atoms with Crippen LogP contribution < -0.4 is 5.32 Å². The predicted molar refractivity (Wildman–Crippen MR) is 61.8 cm³/mol. The van der Waals surface area contributed by atoms with Crippen LogP contribution in [0.1, 0.15) is 24.2 Å². The summed E-state index contributed by atoms with van der Waals surface area (Å²) in [6, 6.07) is 7.71. The fourth-order valence-corrected chi connectivity index (χ4v) is 1.31. The summed E-state index contributed by atoms with van der Waals surface area (Å²) in [5.74, 6) is -0.00796. The van der Waals surface area contributed by atoms with Crippen LogP contribution in [0.4, 0.5) is 0 Å². The van der Waals surface area contributed by atoms with E-state index in [9.17, 15) is 4.79 Å². The van der Waals surface area contributed by atoms with Crippen LogP contribution in [0.15, 0.2) is 24.3 Å². The lowest BCUT2D eigenvalue weighted by molar-refractivity contribution is 0.0943. The van der Waals surface area contributed by atoms with Gasteiger partial charge in [-0.25, -0.2) is 0 Å². The molecular formula is C10H12INO. The number of carbonyl (C=O) groups excluding carboxylic acids is 1. The van der Waals surface area contributed by atoms with Crippen LogP contribution in [-0.4, -0.2) is 11.9 Å². The van der Waals surface area contributed by atoms with E-state index >= 15 is 0 Å². The highest BCUT2D eigenvalue weighted by molar-refractivity contribution is 14.1. The minimum Gasteiger partial charge on any atom is -0.350 e. The summed E-state index contributed by atoms with van der Waals surface area (Å²) in [6.07, 6.45) is 0. The zero-order valence-electron chi connectivity index (χ0n) is 7.67. The molecule has 0 aromatic heterocycles. The van der Waals surface area contributed by atoms with E-state index in [4.69, 9.17) is 0 Å². The first kappa shape index (κ1) is 10.5. The first-order valence-corrected chi connectivity index (χ1v) is 5.24. The average molecular weight is 287 g/mol. The molecule has 0 bridgehead atoms. The standard InChI is InChI=1S/C10H12INO/c1-7(2)12-10(13)8-3-5-9(11)6-4-8/h3-7H,1-2H3,(H,12,13)/i11-2. The SMILES string of the molecule is CC(C)NC(=O)c1ccc([125I])cc1. The Labute approximate surface area is 91.9 Å². The largest absolute Gasteiger partial charge is 0.350 e. The normalized spacial score (nSPS) is 10.2. The van der Waals surface area contributed by atoms with Crippen LogP contribution in [-0.2, 0) is 0 Å². The van der Waals surface area contributed by atoms with Crippen molar-refractivity contribution in [3.63, 3.8) is 0 Å². The number of hydrogen-bond donors (Lipinski definition) is 1. The maximum Gasteiger partial charge on any atom is 0.251 e. The molecule has 0 heterocycles. The van der Waals surface area contributed by atoms with Crippen molar-refractivity contribution < 1.29 is 4.79 Å². The molecule has 70 valence electrons. The second-order valence-electron chi connectivity index (χ2n) is 3.14. The summed E-state index contributed by atoms with van der Waals surface area (Å²) in [5, 5.41) is 2.84. The van der Waals surface area contributed by atoms with Crippen molar-refractivity contribution in [2.45, 2.75) is 19.9 Å². The summed E-state index contributed by atoms with van der Waals surface area (Å²) in [6.45, 7) is 3.90. The second kappa shape index (κ2) is 4.60. The van der Waals surface area contributed by atoms with Gasteiger partial charge < -0.3 is 5.32 Å². The lowest BCUT2D eigenvalue weighted by atomic mass is 10.2. The van der Waals surface area contributed by atoms with Crippen LogP contribution >= 0.6 is 22.6 Å². The molecule has 1 rings (SSSR count). The van der Waals surface area contributed by atoms with Crippen molar-refractivity contribution in [1.29, 1.82) is 0 Å². The van der Waals surface area contributed by atoms with Crippen molar-refractivity contribution >= 4 is 28.5 Å². The Hall–Kier alpha value is -0.580. The van der Waals surface area contributed by atoms with Gasteiger partial charge in [-0.05, 0) is 60.7 Å². The number of amides is 1. The van der Waals surface area contributed by atoms with Gasteiger partial charge in [-0.1, -0.05) is 0 Å². The molecule has 3 heteroatoms. The van der Waals surface area contributed by atoms with Crippen molar-refractivity contribution in [2.75, 3.05) is 0 Å². The van der Waals surface area contributed by atoms with Gasteiger partial charge >= 0.3 is 0 Å². The van der Waals surface area contributed by atoms with Crippen molar-refractivity contribution in [3.8, 4) is 0 Å². The third kappa shape index (κ3) is 3.34. The van der Waals surface area contributed by atoms with E-state index in [-0.39, 0.29) is 11.9 Å². The molecular weight excluding hydrogens is 275 g/mol. The highest BCUT2D eigenvalue weighted by Crippen LogP contribution is 2.06. The maximum atomic E-state index is 11.5. The van der Waals surface area contributed by atoms with Crippen LogP contribution in [0, 0.1) is 3.57 Å². The molecule has 0 saturated carbocycles. The Kier molecular flexibility index (Phi) is 3.71. The molecule has 0 aliphatic heterocycles. The molecule has 0 saturated heterocycles. The number of hydrogen-bond acceptors (Lipinski definition) is 1. The molecule has 0 aliphatic rings. The van der Waals surface area contributed by atoms with E-state index in [0.717, 1.165) is 3.57 Å². The predicted octanol–water partition coefficient (Wildman–Crippen LogP) is 2.43. The maximum absolute atomic E-state index is 11.5. The fraction of sp³-hybridized carbons (Fsp3) is 0.300. The van der Waals surface area contributed by atoms with E-state index < -0.39 is 0 Å². The van der Waals surface area contributed by atoms with Crippen molar-refractivity contribution in [1.82, 2.24) is 5.32 Å². The first-order chi connectivity index (χ1) is 6.09. The smallest absolute Gasteiger partial charge is 0.251 e. The molecule has 0 unspecified atom stereocenters. The Morgan fingerprint density at radius 3 is 2.31 bits per heavy atom. The monoisotopic (exact) mass is 287 g/mol. The first-order valence-electron chi connectivity index (χ1n) is 4.16. The summed E-state index contributed by atoms with van der Waals surface area (Å²) in [7, 11) is 0. The molecule has 1 aromatic rings. The third-order valence-corrected chi connectivity index (χ3v) is 2.25. The average Bonchev–Trinajstić information content (AvgIpc) is 2.04. The van der Waals surface area contributed by atoms with Crippen LogP contribution in [0.5, 0.6) is 0 Å². The third-order valence-electron chi connectivity index (χ3n) is 1.53. The number of benzene rings is 1. The van der Waals surface area contributed by atoms with Gasteiger partial charge in [-0.15, -0.1) is 0 Å². The van der Waals surface area contributed by atoms with E-state index in [2.05, 4.69) is 27.9 Å². The molecule has 0 fully saturated rings. The highest BCUT2D eigenvalue weighted by Gasteiger charge is 2.05. The van der Waals surface area contributed by atoms with E-state index in [1.54, 1.807) is 0 Å². The van der Waals surface area contributed by atoms with Gasteiger partial charge in [0.05, 0.1) is 0 Å². The van der Waals surface area contributed by atoms with E-state index in [0.29, 0.717) is 5.56 Å². The summed E-state index contributed by atoms with van der Waals surface area (Å²) >= 11 is 2.21. The minimum atomic E-state index is -0.00796. The van der Waals surface area contributed by atoms with Gasteiger partial charge in [0.1, 0.15) is 0 Å². The second-order valence-corrected chi connectivity index (χ2v) is 4.38. The molecule has 0 spiro atoms. The van der Waals surface area contributed by atoms with E-state index in [1.807, 2.05) is 38.1 Å². The number of rotatable bonds is 2. The Balaban J connectivity index is 2.72. The topological polar surface area (TPSA) is 29.1 Å². The van der Waals surface area contributed by atoms with Gasteiger partial charge in [0, 0.05) is 15.2 Å². The Bertz CT molecular complexity index is 292. The molecule has 0 atom stereocenters. The molecule has 1 amide bonds. The van der Waals surface area contributed by atoms with Crippen LogP contribution in [0.2, 0.25) is 0 Å². The van der Waals surface area contributed by atoms with Crippen LogP contribution in [0.3, 0.4) is 0 Å². The van der Waals surface area contributed by atoms with Gasteiger partial charge in [0.15, 0.2) is 0 Å². The fourth-order valence-electron chi connectivity index (χ4n) is 0.947. The zero-order valence-corrected chi connectivity index (χ0v) is 9.83. The van der Waals surface area contributed by atoms with Gasteiger partial charge in [0.25, 0.3) is 5.91 Å². The minimum absolute atomic E-state index is 0.00796. The molecule has 13 heavy (non-hydrogen) atoms. The number of carbonyl (C=O) groups is 1. The van der Waals surface area contributed by atoms with E-state index in [1.165, 1.54) is 0 Å². The van der Waals surface area contributed by atoms with Gasteiger partial charge in [-0.3, -0.25) is 4.79 Å². The number of nitrogens with one attached hydrogen (secondary N) is 1.